The number of H-pyrrole nitrogens is 2. The van der Waals surface area contributed by atoms with Gasteiger partial charge in [-0.25, -0.2) is 4.79 Å². The Hall–Kier alpha value is -5.51. The lowest BCUT2D eigenvalue weighted by molar-refractivity contribution is -0.139. The van der Waals surface area contributed by atoms with Crippen molar-refractivity contribution >= 4 is 46.1 Å². The maximum absolute atomic E-state index is 11.4. The summed E-state index contributed by atoms with van der Waals surface area (Å²) in [6.45, 7) is -0.229. The molecule has 0 spiro atoms. The summed E-state index contributed by atoms with van der Waals surface area (Å²) in [5, 5.41) is 8.21. The Morgan fingerprint density at radius 2 is 1.49 bits per heavy atom. The van der Waals surface area contributed by atoms with Crippen LogP contribution in [0.3, 0.4) is 0 Å². The van der Waals surface area contributed by atoms with Gasteiger partial charge in [0.2, 0.25) is 0 Å². The predicted molar refractivity (Wildman–Crippen MR) is 137 cm³/mol. The zero-order valence-electron chi connectivity index (χ0n) is 19.9. The van der Waals surface area contributed by atoms with Crippen LogP contribution in [0.2, 0.25) is 0 Å². The molecule has 0 aliphatic carbocycles. The van der Waals surface area contributed by atoms with Gasteiger partial charge in [-0.15, -0.1) is 0 Å². The normalized spacial score (nSPS) is 9.95. The first-order valence-corrected chi connectivity index (χ1v) is 10.5. The monoisotopic (exact) mass is 502 g/mol. The summed E-state index contributed by atoms with van der Waals surface area (Å²) < 4.78 is 8.70. The van der Waals surface area contributed by atoms with Gasteiger partial charge in [0, 0.05) is 49.6 Å². The van der Waals surface area contributed by atoms with Crippen molar-refractivity contribution in [3.8, 4) is 0 Å². The van der Waals surface area contributed by atoms with Gasteiger partial charge in [-0.1, -0.05) is 34.5 Å². The lowest BCUT2D eigenvalue weighted by atomic mass is 10.1. The molecule has 4 aromatic rings. The van der Waals surface area contributed by atoms with Crippen LogP contribution in [0.4, 0.5) is 0 Å². The van der Waals surface area contributed by atoms with Crippen LogP contribution in [-0.4, -0.2) is 49.0 Å². The summed E-state index contributed by atoms with van der Waals surface area (Å²) >= 11 is 0. The molecular formula is C24H22N8O5. The summed E-state index contributed by atoms with van der Waals surface area (Å²) in [6.07, 6.45) is 6.00. The zero-order valence-corrected chi connectivity index (χ0v) is 19.9. The first-order valence-electron chi connectivity index (χ1n) is 10.5. The molecule has 0 bridgehead atoms. The van der Waals surface area contributed by atoms with Gasteiger partial charge >= 0.3 is 11.9 Å². The van der Waals surface area contributed by atoms with E-state index in [-0.39, 0.29) is 12.2 Å². The van der Waals surface area contributed by atoms with Crippen LogP contribution >= 0.6 is 0 Å². The molecule has 4 rings (SSSR count). The predicted octanol–water partition coefficient (Wildman–Crippen LogP) is 5.44. The molecule has 2 aromatic heterocycles. The topological polar surface area (TPSA) is 199 Å². The van der Waals surface area contributed by atoms with Gasteiger partial charge in [0.15, 0.2) is 6.29 Å². The number of fused-ring (bicyclic) bond motifs is 2. The van der Waals surface area contributed by atoms with Gasteiger partial charge in [-0.2, -0.15) is 0 Å². The molecule has 0 saturated heterocycles. The highest BCUT2D eigenvalue weighted by atomic mass is 16.5. The molecule has 2 heterocycles. The van der Waals surface area contributed by atoms with Crippen LogP contribution in [0.5, 0.6) is 0 Å². The highest BCUT2D eigenvalue weighted by Gasteiger charge is 2.08. The van der Waals surface area contributed by atoms with E-state index < -0.39 is 11.9 Å². The Balaban J connectivity index is 0.000000216. The Labute approximate surface area is 209 Å². The molecule has 0 unspecified atom stereocenters. The molecule has 0 aliphatic heterocycles. The van der Waals surface area contributed by atoms with Crippen molar-refractivity contribution in [2.24, 2.45) is 10.2 Å². The summed E-state index contributed by atoms with van der Waals surface area (Å²) in [6, 6.07) is 15.0. The largest absolute Gasteiger partial charge is 0.469 e. The number of aromatic amines is 2. The van der Waals surface area contributed by atoms with Gasteiger partial charge in [-0.3, -0.25) is 9.59 Å². The van der Waals surface area contributed by atoms with Crippen molar-refractivity contribution in [2.75, 3.05) is 20.8 Å². The Morgan fingerprint density at radius 1 is 0.892 bits per heavy atom. The zero-order chi connectivity index (χ0) is 27.0. The van der Waals surface area contributed by atoms with Crippen LogP contribution in [0.15, 0.2) is 76.9 Å². The van der Waals surface area contributed by atoms with E-state index in [2.05, 4.69) is 39.5 Å². The van der Waals surface area contributed by atoms with Gasteiger partial charge in [-0.05, 0) is 47.0 Å². The summed E-state index contributed by atoms with van der Waals surface area (Å²) in [4.78, 5) is 43.1. The number of aldehydes is 1. The van der Waals surface area contributed by atoms with Crippen molar-refractivity contribution < 1.29 is 23.9 Å². The number of benzene rings is 2. The number of hydrogen-bond donors (Lipinski definition) is 2. The minimum Gasteiger partial charge on any atom is -0.469 e. The summed E-state index contributed by atoms with van der Waals surface area (Å²) in [5.74, 6) is -1.19. The Morgan fingerprint density at radius 3 is 2.00 bits per heavy atom. The van der Waals surface area contributed by atoms with Crippen LogP contribution in [0, 0.1) is 0 Å². The SMILES string of the molecule is COC(=O)/C(=C/c1cccc2[nH]ccc12)N=[N+]=[N-].COC(=O)CN=[N+]=[N-].O=Cc1cccc2[nH]ccc12. The molecule has 0 aliphatic rings. The number of esters is 2. The third-order valence-electron chi connectivity index (χ3n) is 4.71. The second-order valence-corrected chi connectivity index (χ2v) is 6.87. The van der Waals surface area contributed by atoms with Gasteiger partial charge in [0.25, 0.3) is 0 Å². The first-order chi connectivity index (χ1) is 18.0. The van der Waals surface area contributed by atoms with Crippen molar-refractivity contribution in [3.05, 3.63) is 98.6 Å². The van der Waals surface area contributed by atoms with E-state index in [0.717, 1.165) is 39.2 Å². The van der Waals surface area contributed by atoms with Crippen molar-refractivity contribution in [3.63, 3.8) is 0 Å². The molecule has 2 N–H and O–H groups in total. The van der Waals surface area contributed by atoms with Crippen molar-refractivity contribution in [2.45, 2.75) is 0 Å². The van der Waals surface area contributed by atoms with E-state index in [9.17, 15) is 14.4 Å². The molecule has 0 radical (unpaired) electrons. The highest BCUT2D eigenvalue weighted by Crippen LogP contribution is 2.20. The number of methoxy groups -OCH3 is 2. The lowest BCUT2D eigenvalue weighted by Gasteiger charge is -2.00. The molecule has 37 heavy (non-hydrogen) atoms. The quantitative estimate of drug-likeness (QED) is 0.0881. The number of nitrogens with zero attached hydrogens (tertiary/aromatic N) is 6. The molecule has 0 atom stereocenters. The fourth-order valence-electron chi connectivity index (χ4n) is 3.03. The van der Waals surface area contributed by atoms with Gasteiger partial charge < -0.3 is 19.4 Å². The number of aromatic nitrogens is 2. The number of nitrogens with one attached hydrogen (secondary N) is 2. The Bertz CT molecular complexity index is 1510. The third kappa shape index (κ3) is 8.04. The molecule has 188 valence electrons. The average molecular weight is 502 g/mol. The molecule has 0 fully saturated rings. The van der Waals surface area contributed by atoms with E-state index in [0.29, 0.717) is 0 Å². The van der Waals surface area contributed by atoms with Crippen LogP contribution < -0.4 is 0 Å². The number of hydrogen-bond acceptors (Lipinski definition) is 7. The van der Waals surface area contributed by atoms with Gasteiger partial charge in [0.1, 0.15) is 12.2 Å². The molecule has 13 heteroatoms. The lowest BCUT2D eigenvalue weighted by Crippen LogP contribution is -2.02. The van der Waals surface area contributed by atoms with Crippen LogP contribution in [0.25, 0.3) is 48.8 Å². The maximum Gasteiger partial charge on any atom is 0.340 e. The third-order valence-corrected chi connectivity index (χ3v) is 4.71. The smallest absolute Gasteiger partial charge is 0.340 e. The molecule has 0 saturated carbocycles. The van der Waals surface area contributed by atoms with E-state index in [4.69, 9.17) is 11.1 Å². The number of carbonyl (C=O) groups excluding carboxylic acids is 3. The molecule has 13 nitrogen and oxygen atoms in total. The number of carbonyl (C=O) groups is 3. The van der Waals surface area contributed by atoms with Crippen molar-refractivity contribution in [1.82, 2.24) is 9.97 Å². The number of ether oxygens (including phenoxy) is 2. The van der Waals surface area contributed by atoms with Crippen LogP contribution in [0.1, 0.15) is 15.9 Å². The molecular weight excluding hydrogens is 480 g/mol. The van der Waals surface area contributed by atoms with E-state index >= 15 is 0 Å². The second kappa shape index (κ2) is 14.7. The average Bonchev–Trinajstić information content (AvgIpc) is 3.62. The summed E-state index contributed by atoms with van der Waals surface area (Å²) in [7, 11) is 2.47. The first kappa shape index (κ1) is 27.7. The number of azide groups is 2. The maximum atomic E-state index is 11.4. The van der Waals surface area contributed by atoms with E-state index in [1.807, 2.05) is 54.7 Å². The highest BCUT2D eigenvalue weighted by molar-refractivity contribution is 5.98. The van der Waals surface area contributed by atoms with Gasteiger partial charge in [0.05, 0.1) is 14.2 Å². The van der Waals surface area contributed by atoms with E-state index in [1.165, 1.54) is 20.3 Å². The molecule has 2 aromatic carbocycles. The minimum absolute atomic E-state index is 0.0753. The Kier molecular flexibility index (Phi) is 11.0. The molecule has 0 amide bonds. The fourth-order valence-corrected chi connectivity index (χ4v) is 3.03. The minimum atomic E-state index is -0.666. The van der Waals surface area contributed by atoms with E-state index in [1.54, 1.807) is 6.20 Å². The summed E-state index contributed by atoms with van der Waals surface area (Å²) in [5.41, 5.74) is 19.5. The van der Waals surface area contributed by atoms with Crippen LogP contribution in [-0.2, 0) is 19.1 Å². The van der Waals surface area contributed by atoms with Crippen molar-refractivity contribution in [1.29, 1.82) is 0 Å². The fraction of sp³-hybridized carbons (Fsp3) is 0.125. The second-order valence-electron chi connectivity index (χ2n) is 6.87. The number of rotatable bonds is 6. The standard InChI is InChI=1S/C12H10N4O2.C9H7NO.C3H5N3O2/c1-18-12(17)11(15-16-13)7-8-3-2-4-10-9(8)5-6-14-10;11-6-7-2-1-3-9-8(7)4-5-10-9;1-8-3(7)2-5-6-4/h2-7,14H,1H3;1-6,10H;2H2,1H3/b11-7-;;.